The Morgan fingerprint density at radius 3 is 2.41 bits per heavy atom. The number of aromatic nitrogens is 1. The van der Waals surface area contributed by atoms with Crippen LogP contribution in [0.1, 0.15) is 33.3 Å². The molecule has 1 heterocycles. The fraction of sp³-hybridized carbons (Fsp3) is 0.231. The molecule has 0 aliphatic rings. The Morgan fingerprint density at radius 1 is 1.03 bits per heavy atom. The summed E-state index contributed by atoms with van der Waals surface area (Å²) in [5.41, 5.74) is 2.57. The first-order chi connectivity index (χ1) is 16.2. The van der Waals surface area contributed by atoms with Gasteiger partial charge in [-0.3, -0.25) is 0 Å². The van der Waals surface area contributed by atoms with Crippen LogP contribution in [0, 0.1) is 20.8 Å². The van der Waals surface area contributed by atoms with Gasteiger partial charge in [0.25, 0.3) is 10.0 Å². The molecule has 0 unspecified atom stereocenters. The number of aryl methyl sites for hydroxylation is 2. The van der Waals surface area contributed by atoms with Gasteiger partial charge in [0.1, 0.15) is 5.01 Å². The molecule has 0 aliphatic heterocycles. The van der Waals surface area contributed by atoms with Crippen LogP contribution >= 0.6 is 11.3 Å². The minimum Gasteiger partial charge on any atom is -0.465 e. The van der Waals surface area contributed by atoms with Gasteiger partial charge in [-0.1, -0.05) is 36.4 Å². The first-order valence-electron chi connectivity index (χ1n) is 10.9. The van der Waals surface area contributed by atoms with E-state index >= 15 is 0 Å². The summed E-state index contributed by atoms with van der Waals surface area (Å²) in [7, 11) is -2.68. The number of esters is 1. The Balaban J connectivity index is 1.79. The molecule has 0 bridgehead atoms. The maximum Gasteiger partial charge on any atom is 0.338 e. The van der Waals surface area contributed by atoms with Crippen molar-refractivity contribution in [1.82, 2.24) is 4.98 Å². The van der Waals surface area contributed by atoms with Crippen molar-refractivity contribution in [1.29, 1.82) is 0 Å². The fourth-order valence-corrected chi connectivity index (χ4v) is 6.49. The number of carbonyl (C=O) groups is 1. The quantitative estimate of drug-likeness (QED) is 0.312. The number of thiazole rings is 1. The van der Waals surface area contributed by atoms with E-state index in [0.29, 0.717) is 16.9 Å². The van der Waals surface area contributed by atoms with Crippen LogP contribution in [0.2, 0.25) is 0 Å². The van der Waals surface area contributed by atoms with E-state index < -0.39 is 16.0 Å². The Hall–Kier alpha value is -3.23. The highest BCUT2D eigenvalue weighted by Crippen LogP contribution is 2.36. The molecule has 0 aliphatic carbocycles. The molecule has 0 spiro atoms. The Morgan fingerprint density at radius 2 is 1.74 bits per heavy atom. The molecule has 3 aromatic carbocycles. The highest BCUT2D eigenvalue weighted by molar-refractivity contribution is 7.92. The van der Waals surface area contributed by atoms with E-state index in [4.69, 9.17) is 9.72 Å². The molecule has 0 radical (unpaired) electrons. The zero-order chi connectivity index (χ0) is 24.6. The van der Waals surface area contributed by atoms with E-state index in [0.717, 1.165) is 26.2 Å². The normalized spacial score (nSPS) is 11.6. The van der Waals surface area contributed by atoms with E-state index in [-0.39, 0.29) is 17.0 Å². The van der Waals surface area contributed by atoms with Crippen LogP contribution in [0.25, 0.3) is 21.3 Å². The third-order valence-corrected chi connectivity index (χ3v) is 8.78. The predicted molar refractivity (Wildman–Crippen MR) is 137 cm³/mol. The topological polar surface area (TPSA) is 76.6 Å². The predicted octanol–water partition coefficient (Wildman–Crippen LogP) is 5.89. The number of hydrogen-bond acceptors (Lipinski definition) is 6. The highest BCUT2D eigenvalue weighted by atomic mass is 32.2. The van der Waals surface area contributed by atoms with Gasteiger partial charge in [0, 0.05) is 17.0 Å². The number of rotatable bonds is 6. The molecule has 34 heavy (non-hydrogen) atoms. The van der Waals surface area contributed by atoms with Crippen molar-refractivity contribution < 1.29 is 17.9 Å². The number of sulfonamides is 1. The molecule has 0 saturated carbocycles. The molecule has 0 N–H and O–H groups in total. The van der Waals surface area contributed by atoms with Gasteiger partial charge in [-0.15, -0.1) is 11.3 Å². The molecule has 8 heteroatoms. The second-order valence-electron chi connectivity index (χ2n) is 8.03. The van der Waals surface area contributed by atoms with Crippen LogP contribution in [0.15, 0.2) is 59.5 Å². The summed E-state index contributed by atoms with van der Waals surface area (Å²) in [6, 6.07) is 17.2. The Bertz CT molecular complexity index is 1510. The standard InChI is InChI=1S/C26H26N2O4S2/c1-6-28(34(30,31)22-13-16(2)17(3)23(15-22)26(29)32-5)24-18(4)33-25(27-24)21-12-11-19-9-7-8-10-20(19)14-21/h7-15H,6H2,1-5H3. The van der Waals surface area contributed by atoms with Crippen molar-refractivity contribution >= 4 is 43.9 Å². The van der Waals surface area contributed by atoms with Crippen LogP contribution in [-0.2, 0) is 14.8 Å². The lowest BCUT2D eigenvalue weighted by molar-refractivity contribution is 0.0599. The van der Waals surface area contributed by atoms with Gasteiger partial charge in [-0.05, 0) is 67.8 Å². The van der Waals surface area contributed by atoms with E-state index in [2.05, 4.69) is 12.1 Å². The van der Waals surface area contributed by atoms with Crippen molar-refractivity contribution in [2.45, 2.75) is 32.6 Å². The maximum atomic E-state index is 13.7. The van der Waals surface area contributed by atoms with Gasteiger partial charge in [-0.25, -0.2) is 22.5 Å². The first kappa shape index (κ1) is 23.9. The summed E-state index contributed by atoms with van der Waals surface area (Å²) in [5, 5.41) is 2.98. The Kier molecular flexibility index (Phi) is 6.47. The molecular formula is C26H26N2O4S2. The van der Waals surface area contributed by atoms with Crippen molar-refractivity contribution in [2.24, 2.45) is 0 Å². The molecule has 0 amide bonds. The van der Waals surface area contributed by atoms with Crippen LogP contribution in [0.3, 0.4) is 0 Å². The van der Waals surface area contributed by atoms with E-state index in [1.54, 1.807) is 26.8 Å². The SMILES string of the molecule is CCN(c1nc(-c2ccc3ccccc3c2)sc1C)S(=O)(=O)c1cc(C)c(C)c(C(=O)OC)c1. The molecule has 0 saturated heterocycles. The van der Waals surface area contributed by atoms with Crippen molar-refractivity contribution in [3.63, 3.8) is 0 Å². The van der Waals surface area contributed by atoms with Gasteiger partial charge in [0.05, 0.1) is 17.6 Å². The van der Waals surface area contributed by atoms with Crippen molar-refractivity contribution in [3.8, 4) is 10.6 Å². The molecule has 6 nitrogen and oxygen atoms in total. The summed E-state index contributed by atoms with van der Waals surface area (Å²) in [6.45, 7) is 7.40. The zero-order valence-corrected chi connectivity index (χ0v) is 21.4. The number of ether oxygens (including phenoxy) is 1. The van der Waals surface area contributed by atoms with Gasteiger partial charge >= 0.3 is 5.97 Å². The minimum absolute atomic E-state index is 0.0394. The monoisotopic (exact) mass is 494 g/mol. The molecule has 4 rings (SSSR count). The lowest BCUT2D eigenvalue weighted by Gasteiger charge is -2.22. The average molecular weight is 495 g/mol. The molecule has 0 fully saturated rings. The number of methoxy groups -OCH3 is 1. The lowest BCUT2D eigenvalue weighted by Crippen LogP contribution is -2.32. The molecule has 0 atom stereocenters. The number of fused-ring (bicyclic) bond motifs is 1. The molecule has 4 aromatic rings. The van der Waals surface area contributed by atoms with Gasteiger partial charge in [0.15, 0.2) is 5.82 Å². The summed E-state index contributed by atoms with van der Waals surface area (Å²) >= 11 is 1.46. The van der Waals surface area contributed by atoms with Gasteiger partial charge in [-0.2, -0.15) is 0 Å². The number of anilines is 1. The first-order valence-corrected chi connectivity index (χ1v) is 13.1. The average Bonchev–Trinajstić information content (AvgIpc) is 3.21. The van der Waals surface area contributed by atoms with Crippen molar-refractivity contribution in [2.75, 3.05) is 18.0 Å². The second-order valence-corrected chi connectivity index (χ2v) is 11.1. The highest BCUT2D eigenvalue weighted by Gasteiger charge is 2.29. The van der Waals surface area contributed by atoms with E-state index in [1.807, 2.05) is 37.3 Å². The van der Waals surface area contributed by atoms with Crippen LogP contribution in [-0.4, -0.2) is 33.0 Å². The fourth-order valence-electron chi connectivity index (χ4n) is 3.92. The second kappa shape index (κ2) is 9.19. The van der Waals surface area contributed by atoms with Gasteiger partial charge < -0.3 is 4.74 Å². The minimum atomic E-state index is -3.96. The summed E-state index contributed by atoms with van der Waals surface area (Å²) in [5.74, 6) is -0.169. The summed E-state index contributed by atoms with van der Waals surface area (Å²) < 4.78 is 33.6. The molecule has 1 aromatic heterocycles. The Labute approximate surface area is 203 Å². The molecule has 176 valence electrons. The van der Waals surface area contributed by atoms with Crippen molar-refractivity contribution in [3.05, 3.63) is 76.2 Å². The summed E-state index contributed by atoms with van der Waals surface area (Å²) in [4.78, 5) is 17.8. The summed E-state index contributed by atoms with van der Waals surface area (Å²) in [6.07, 6.45) is 0. The van der Waals surface area contributed by atoms with E-state index in [9.17, 15) is 13.2 Å². The van der Waals surface area contributed by atoms with Crippen LogP contribution in [0.5, 0.6) is 0 Å². The zero-order valence-electron chi connectivity index (χ0n) is 19.7. The maximum absolute atomic E-state index is 13.7. The van der Waals surface area contributed by atoms with E-state index in [1.165, 1.54) is 28.8 Å². The number of hydrogen-bond donors (Lipinski definition) is 0. The number of carbonyl (C=O) groups excluding carboxylic acids is 1. The number of benzene rings is 3. The van der Waals surface area contributed by atoms with Crippen LogP contribution < -0.4 is 4.31 Å². The third-order valence-electron chi connectivity index (χ3n) is 5.93. The third kappa shape index (κ3) is 4.19. The molecular weight excluding hydrogens is 468 g/mol. The van der Waals surface area contributed by atoms with Gasteiger partial charge in [0.2, 0.25) is 0 Å². The lowest BCUT2D eigenvalue weighted by atomic mass is 10.0. The largest absolute Gasteiger partial charge is 0.465 e. The number of nitrogens with zero attached hydrogens (tertiary/aromatic N) is 2. The van der Waals surface area contributed by atoms with Crippen LogP contribution in [0.4, 0.5) is 5.82 Å². The smallest absolute Gasteiger partial charge is 0.338 e.